The second-order valence-corrected chi connectivity index (χ2v) is 8.04. The van der Waals surface area contributed by atoms with Crippen molar-refractivity contribution in [2.24, 2.45) is 28.9 Å². The molecule has 1 saturated heterocycles. The van der Waals surface area contributed by atoms with E-state index in [4.69, 9.17) is 5.73 Å². The Kier molecular flexibility index (Phi) is 5.22. The van der Waals surface area contributed by atoms with Crippen molar-refractivity contribution >= 4 is 18.3 Å². The summed E-state index contributed by atoms with van der Waals surface area (Å²) in [4.78, 5) is 15.7. The van der Waals surface area contributed by atoms with Gasteiger partial charge in [0, 0.05) is 13.1 Å². The van der Waals surface area contributed by atoms with Crippen molar-refractivity contribution in [2.75, 3.05) is 19.6 Å². The van der Waals surface area contributed by atoms with E-state index in [0.29, 0.717) is 24.3 Å². The number of fused-ring (bicyclic) bond motifs is 2. The van der Waals surface area contributed by atoms with Crippen LogP contribution in [0.3, 0.4) is 0 Å². The van der Waals surface area contributed by atoms with Crippen molar-refractivity contribution in [1.82, 2.24) is 4.90 Å². The number of rotatable bonds is 4. The van der Waals surface area contributed by atoms with Gasteiger partial charge in [0.25, 0.3) is 0 Å². The van der Waals surface area contributed by atoms with Crippen LogP contribution in [0.5, 0.6) is 0 Å². The lowest BCUT2D eigenvalue weighted by atomic mass is 9.68. The van der Waals surface area contributed by atoms with Gasteiger partial charge < -0.3 is 10.6 Å². The number of hydrogen-bond donors (Lipinski definition) is 1. The van der Waals surface area contributed by atoms with Crippen molar-refractivity contribution in [3.63, 3.8) is 0 Å². The van der Waals surface area contributed by atoms with Crippen LogP contribution in [-0.4, -0.2) is 30.4 Å². The zero-order chi connectivity index (χ0) is 15.9. The summed E-state index contributed by atoms with van der Waals surface area (Å²) in [5, 5.41) is 0. The number of carbonyl (C=O) groups is 1. The molecular formula is C20H29ClN2O. The topological polar surface area (TPSA) is 46.3 Å². The van der Waals surface area contributed by atoms with E-state index in [1.165, 1.54) is 24.8 Å². The Balaban J connectivity index is 0.00000169. The fourth-order valence-corrected chi connectivity index (χ4v) is 5.48. The molecule has 132 valence electrons. The van der Waals surface area contributed by atoms with Crippen LogP contribution in [0.2, 0.25) is 0 Å². The third kappa shape index (κ3) is 2.97. The number of nitrogens with zero attached hydrogens (tertiary/aromatic N) is 1. The van der Waals surface area contributed by atoms with Crippen LogP contribution in [0.1, 0.15) is 37.7 Å². The first-order valence-corrected chi connectivity index (χ1v) is 9.24. The minimum Gasteiger partial charge on any atom is -0.342 e. The Labute approximate surface area is 151 Å². The fourth-order valence-electron chi connectivity index (χ4n) is 5.48. The van der Waals surface area contributed by atoms with Crippen molar-refractivity contribution in [1.29, 1.82) is 0 Å². The molecule has 3 fully saturated rings. The number of benzene rings is 1. The highest BCUT2D eigenvalue weighted by Crippen LogP contribution is 2.58. The average Bonchev–Trinajstić information content (AvgIpc) is 3.30. The fraction of sp³-hybridized carbons (Fsp3) is 0.650. The lowest BCUT2D eigenvalue weighted by Crippen LogP contribution is -2.47. The van der Waals surface area contributed by atoms with E-state index in [-0.39, 0.29) is 17.8 Å². The smallest absolute Gasteiger partial charge is 0.229 e. The highest BCUT2D eigenvalue weighted by atomic mass is 35.5. The van der Waals surface area contributed by atoms with E-state index in [1.807, 2.05) is 0 Å². The van der Waals surface area contributed by atoms with Gasteiger partial charge in [0.2, 0.25) is 5.91 Å². The van der Waals surface area contributed by atoms with Crippen LogP contribution < -0.4 is 5.73 Å². The maximum Gasteiger partial charge on any atom is 0.229 e. The van der Waals surface area contributed by atoms with Gasteiger partial charge in [0.05, 0.1) is 5.41 Å². The molecule has 1 aromatic rings. The normalized spacial score (nSPS) is 34.4. The van der Waals surface area contributed by atoms with Crippen LogP contribution in [-0.2, 0) is 11.2 Å². The van der Waals surface area contributed by atoms with Crippen molar-refractivity contribution in [3.8, 4) is 0 Å². The van der Waals surface area contributed by atoms with Gasteiger partial charge in [0.15, 0.2) is 0 Å². The predicted molar refractivity (Wildman–Crippen MR) is 99.0 cm³/mol. The summed E-state index contributed by atoms with van der Waals surface area (Å²) >= 11 is 0. The maximum atomic E-state index is 13.5. The minimum absolute atomic E-state index is 0. The second-order valence-electron chi connectivity index (χ2n) is 8.04. The van der Waals surface area contributed by atoms with E-state index >= 15 is 0 Å². The molecule has 24 heavy (non-hydrogen) atoms. The van der Waals surface area contributed by atoms with Gasteiger partial charge in [-0.1, -0.05) is 36.8 Å². The first kappa shape index (κ1) is 17.8. The van der Waals surface area contributed by atoms with Gasteiger partial charge in [0.1, 0.15) is 0 Å². The highest BCUT2D eigenvalue weighted by molar-refractivity contribution is 5.85. The Bertz CT molecular complexity index is 578. The van der Waals surface area contributed by atoms with Crippen LogP contribution >= 0.6 is 12.4 Å². The highest BCUT2D eigenvalue weighted by Gasteiger charge is 2.56. The van der Waals surface area contributed by atoms with Crippen molar-refractivity contribution in [3.05, 3.63) is 35.9 Å². The third-order valence-corrected chi connectivity index (χ3v) is 6.67. The molecule has 1 aliphatic heterocycles. The monoisotopic (exact) mass is 348 g/mol. The van der Waals surface area contributed by atoms with Crippen molar-refractivity contribution < 1.29 is 4.79 Å². The molecule has 1 amide bonds. The van der Waals surface area contributed by atoms with Crippen LogP contribution in [0.25, 0.3) is 0 Å². The molecule has 3 aliphatic rings. The maximum absolute atomic E-state index is 13.5. The number of halogens is 1. The molecule has 2 N–H and O–H groups in total. The molecule has 0 aromatic heterocycles. The zero-order valence-corrected chi connectivity index (χ0v) is 15.1. The summed E-state index contributed by atoms with van der Waals surface area (Å²) < 4.78 is 0. The van der Waals surface area contributed by atoms with E-state index in [1.54, 1.807) is 0 Å². The standard InChI is InChI=1S/C20H28N2O.ClH/c21-13-17-8-9-22(14-17)19(23)20(11-15-4-2-1-3-5-15)12-16-6-7-18(20)10-16;/h1-5,16-18H,6-14,21H2;1H. The van der Waals surface area contributed by atoms with Gasteiger partial charge in [-0.25, -0.2) is 0 Å². The number of likely N-dealkylation sites (tertiary alicyclic amines) is 1. The molecule has 3 nitrogen and oxygen atoms in total. The van der Waals surface area contributed by atoms with E-state index in [9.17, 15) is 4.79 Å². The molecule has 4 rings (SSSR count). The molecule has 0 radical (unpaired) electrons. The van der Waals surface area contributed by atoms with Crippen LogP contribution in [0, 0.1) is 23.2 Å². The van der Waals surface area contributed by atoms with E-state index in [0.717, 1.165) is 38.3 Å². The first-order valence-electron chi connectivity index (χ1n) is 9.24. The Morgan fingerprint density at radius 2 is 2.00 bits per heavy atom. The molecule has 1 aromatic carbocycles. The minimum atomic E-state index is -0.131. The molecule has 4 unspecified atom stereocenters. The average molecular weight is 349 g/mol. The molecule has 1 heterocycles. The predicted octanol–water partition coefficient (Wildman–Crippen LogP) is 3.26. The summed E-state index contributed by atoms with van der Waals surface area (Å²) in [5.74, 6) is 2.31. The summed E-state index contributed by atoms with van der Waals surface area (Å²) in [7, 11) is 0. The largest absolute Gasteiger partial charge is 0.342 e. The van der Waals surface area contributed by atoms with Gasteiger partial charge >= 0.3 is 0 Å². The molecule has 2 saturated carbocycles. The Morgan fingerprint density at radius 1 is 1.21 bits per heavy atom. The third-order valence-electron chi connectivity index (χ3n) is 6.67. The van der Waals surface area contributed by atoms with Gasteiger partial charge in [-0.15, -0.1) is 12.4 Å². The second kappa shape index (κ2) is 7.05. The lowest BCUT2D eigenvalue weighted by molar-refractivity contribution is -0.144. The molecule has 4 heteroatoms. The number of nitrogens with two attached hydrogens (primary N) is 1. The van der Waals surface area contributed by atoms with E-state index < -0.39 is 0 Å². The molecule has 4 atom stereocenters. The lowest BCUT2D eigenvalue weighted by Gasteiger charge is -2.39. The number of amides is 1. The summed E-state index contributed by atoms with van der Waals surface area (Å²) in [6, 6.07) is 10.6. The SMILES string of the molecule is Cl.NCC1CCN(C(=O)C2(Cc3ccccc3)CC3CCC2C3)C1. The van der Waals surface area contributed by atoms with Gasteiger partial charge in [-0.3, -0.25) is 4.79 Å². The van der Waals surface area contributed by atoms with Gasteiger partial charge in [-0.05, 0) is 62.0 Å². The van der Waals surface area contributed by atoms with Crippen LogP contribution in [0.4, 0.5) is 0 Å². The van der Waals surface area contributed by atoms with Crippen molar-refractivity contribution in [2.45, 2.75) is 38.5 Å². The zero-order valence-electron chi connectivity index (χ0n) is 14.3. The number of carbonyl (C=O) groups excluding carboxylic acids is 1. The molecule has 2 bridgehead atoms. The van der Waals surface area contributed by atoms with Crippen LogP contribution in [0.15, 0.2) is 30.3 Å². The Morgan fingerprint density at radius 3 is 2.58 bits per heavy atom. The van der Waals surface area contributed by atoms with Gasteiger partial charge in [-0.2, -0.15) is 0 Å². The first-order chi connectivity index (χ1) is 11.2. The quantitative estimate of drug-likeness (QED) is 0.907. The summed E-state index contributed by atoms with van der Waals surface area (Å²) in [6.45, 7) is 2.50. The van der Waals surface area contributed by atoms with E-state index in [2.05, 4.69) is 35.2 Å². The number of hydrogen-bond acceptors (Lipinski definition) is 2. The molecule has 2 aliphatic carbocycles. The molecule has 0 spiro atoms. The Hall–Kier alpha value is -1.06. The summed E-state index contributed by atoms with van der Waals surface area (Å²) in [6.07, 6.45) is 6.97. The molecular weight excluding hydrogens is 320 g/mol. The summed E-state index contributed by atoms with van der Waals surface area (Å²) in [5.41, 5.74) is 7.02.